The van der Waals surface area contributed by atoms with Crippen LogP contribution in [0.5, 0.6) is 0 Å². The standard InChI is InChI=1S/C17H19NO4S/c1-10-15-12(18-16(10)17(20)22-6-5-21-2)8-11(9-13(15)19)14-4-3-7-23-14/h3-4,7,11,18H,5-6,8-9H2,1-2H3/t11-/m0/s1. The summed E-state index contributed by atoms with van der Waals surface area (Å²) >= 11 is 1.67. The van der Waals surface area contributed by atoms with Crippen LogP contribution in [0.3, 0.4) is 0 Å². The number of thiophene rings is 1. The number of hydrogen-bond acceptors (Lipinski definition) is 5. The van der Waals surface area contributed by atoms with E-state index in [0.717, 1.165) is 12.1 Å². The van der Waals surface area contributed by atoms with Crippen LogP contribution in [-0.2, 0) is 15.9 Å². The minimum Gasteiger partial charge on any atom is -0.459 e. The summed E-state index contributed by atoms with van der Waals surface area (Å²) in [6.07, 6.45) is 1.23. The third kappa shape index (κ3) is 3.09. The highest BCUT2D eigenvalue weighted by Gasteiger charge is 2.32. The second-order valence-electron chi connectivity index (χ2n) is 5.65. The molecular formula is C17H19NO4S. The molecule has 0 fully saturated rings. The largest absolute Gasteiger partial charge is 0.459 e. The Bertz CT molecular complexity index is 717. The molecule has 5 nitrogen and oxygen atoms in total. The van der Waals surface area contributed by atoms with Gasteiger partial charge in [0.15, 0.2) is 5.78 Å². The van der Waals surface area contributed by atoms with Crippen LogP contribution < -0.4 is 0 Å². The molecule has 0 saturated carbocycles. The van der Waals surface area contributed by atoms with E-state index in [1.54, 1.807) is 25.4 Å². The first kappa shape index (κ1) is 16.0. The number of esters is 1. The number of aromatic amines is 1. The van der Waals surface area contributed by atoms with Gasteiger partial charge in [0.05, 0.1) is 6.61 Å². The normalized spacial score (nSPS) is 17.1. The third-order valence-electron chi connectivity index (χ3n) is 4.16. The molecule has 0 spiro atoms. The molecule has 0 amide bonds. The number of H-pyrrole nitrogens is 1. The average molecular weight is 333 g/mol. The van der Waals surface area contributed by atoms with Crippen LogP contribution in [0, 0.1) is 6.92 Å². The van der Waals surface area contributed by atoms with Crippen molar-refractivity contribution in [1.82, 2.24) is 4.98 Å². The number of fused-ring (bicyclic) bond motifs is 1. The number of methoxy groups -OCH3 is 1. The lowest BCUT2D eigenvalue weighted by Gasteiger charge is -2.20. The maximum absolute atomic E-state index is 12.5. The number of rotatable bonds is 5. The minimum absolute atomic E-state index is 0.0920. The van der Waals surface area contributed by atoms with Crippen LogP contribution in [-0.4, -0.2) is 37.1 Å². The van der Waals surface area contributed by atoms with Crippen molar-refractivity contribution in [2.45, 2.75) is 25.7 Å². The summed E-state index contributed by atoms with van der Waals surface area (Å²) in [5.74, 6) is -0.158. The van der Waals surface area contributed by atoms with Crippen molar-refractivity contribution in [2.75, 3.05) is 20.3 Å². The molecule has 122 valence electrons. The highest BCUT2D eigenvalue weighted by atomic mass is 32.1. The first-order valence-corrected chi connectivity index (χ1v) is 8.44. The van der Waals surface area contributed by atoms with Gasteiger partial charge in [-0.15, -0.1) is 11.3 Å². The van der Waals surface area contributed by atoms with E-state index < -0.39 is 5.97 Å². The van der Waals surface area contributed by atoms with E-state index in [0.29, 0.717) is 29.8 Å². The van der Waals surface area contributed by atoms with Gasteiger partial charge in [-0.25, -0.2) is 4.79 Å². The molecule has 0 saturated heterocycles. The highest BCUT2D eigenvalue weighted by Crippen LogP contribution is 2.36. The molecule has 2 aromatic rings. The fraction of sp³-hybridized carbons (Fsp3) is 0.412. The summed E-state index contributed by atoms with van der Waals surface area (Å²) in [6, 6.07) is 4.06. The summed E-state index contributed by atoms with van der Waals surface area (Å²) in [5.41, 5.74) is 2.58. The van der Waals surface area contributed by atoms with Crippen molar-refractivity contribution >= 4 is 23.1 Å². The number of carbonyl (C=O) groups excluding carboxylic acids is 2. The Labute approximate surface area is 138 Å². The van der Waals surface area contributed by atoms with Gasteiger partial charge in [0.25, 0.3) is 0 Å². The first-order valence-electron chi connectivity index (χ1n) is 7.56. The van der Waals surface area contributed by atoms with Gasteiger partial charge < -0.3 is 14.5 Å². The quantitative estimate of drug-likeness (QED) is 0.674. The van der Waals surface area contributed by atoms with E-state index in [2.05, 4.69) is 11.1 Å². The van der Waals surface area contributed by atoms with Gasteiger partial charge in [0, 0.05) is 35.6 Å². The SMILES string of the molecule is COCCOC(=O)c1[nH]c2c(c1C)C(=O)C[C@@H](c1cccs1)C2. The molecule has 1 atom stereocenters. The Morgan fingerprint density at radius 3 is 2.91 bits per heavy atom. The molecule has 1 aliphatic rings. The molecular weight excluding hydrogens is 314 g/mol. The topological polar surface area (TPSA) is 68.4 Å². The summed E-state index contributed by atoms with van der Waals surface area (Å²) in [4.78, 5) is 29.0. The van der Waals surface area contributed by atoms with E-state index in [1.807, 2.05) is 11.4 Å². The van der Waals surface area contributed by atoms with Gasteiger partial charge >= 0.3 is 5.97 Å². The molecule has 1 aliphatic carbocycles. The third-order valence-corrected chi connectivity index (χ3v) is 5.19. The zero-order valence-corrected chi connectivity index (χ0v) is 14.0. The Morgan fingerprint density at radius 1 is 1.39 bits per heavy atom. The van der Waals surface area contributed by atoms with E-state index in [-0.39, 0.29) is 18.3 Å². The number of aromatic nitrogens is 1. The number of carbonyl (C=O) groups is 2. The zero-order valence-electron chi connectivity index (χ0n) is 13.2. The number of hydrogen-bond donors (Lipinski definition) is 1. The number of ketones is 1. The number of ether oxygens (including phenoxy) is 2. The molecule has 0 aliphatic heterocycles. The molecule has 2 heterocycles. The van der Waals surface area contributed by atoms with Crippen LogP contribution in [0.4, 0.5) is 0 Å². The summed E-state index contributed by atoms with van der Waals surface area (Å²) < 4.78 is 10.0. The lowest BCUT2D eigenvalue weighted by Crippen LogP contribution is -2.17. The fourth-order valence-corrected chi connectivity index (χ4v) is 3.88. The molecule has 23 heavy (non-hydrogen) atoms. The van der Waals surface area contributed by atoms with Gasteiger partial charge in [0.1, 0.15) is 12.3 Å². The predicted octanol–water partition coefficient (Wildman–Crippen LogP) is 3.10. The molecule has 6 heteroatoms. The van der Waals surface area contributed by atoms with Crippen molar-refractivity contribution in [3.63, 3.8) is 0 Å². The van der Waals surface area contributed by atoms with Gasteiger partial charge in [-0.1, -0.05) is 6.07 Å². The maximum Gasteiger partial charge on any atom is 0.355 e. The Kier molecular flexibility index (Phi) is 4.63. The Balaban J connectivity index is 1.84. The van der Waals surface area contributed by atoms with Crippen LogP contribution in [0.2, 0.25) is 0 Å². The monoisotopic (exact) mass is 333 g/mol. The average Bonchev–Trinajstić information content (AvgIpc) is 3.15. The first-order chi connectivity index (χ1) is 11.1. The summed E-state index contributed by atoms with van der Waals surface area (Å²) in [7, 11) is 1.55. The maximum atomic E-state index is 12.5. The van der Waals surface area contributed by atoms with Gasteiger partial charge in [0.2, 0.25) is 0 Å². The molecule has 0 radical (unpaired) electrons. The van der Waals surface area contributed by atoms with E-state index in [4.69, 9.17) is 9.47 Å². The van der Waals surface area contributed by atoms with Gasteiger partial charge in [-0.3, -0.25) is 4.79 Å². The van der Waals surface area contributed by atoms with Crippen LogP contribution >= 0.6 is 11.3 Å². The molecule has 2 aromatic heterocycles. The minimum atomic E-state index is -0.436. The fourth-order valence-electron chi connectivity index (χ4n) is 3.05. The zero-order chi connectivity index (χ0) is 16.4. The van der Waals surface area contributed by atoms with E-state index in [1.165, 1.54) is 4.88 Å². The van der Waals surface area contributed by atoms with Crippen molar-refractivity contribution in [3.05, 3.63) is 44.9 Å². The van der Waals surface area contributed by atoms with Gasteiger partial charge in [-0.2, -0.15) is 0 Å². The summed E-state index contributed by atoms with van der Waals surface area (Å²) in [6.45, 7) is 2.35. The van der Waals surface area contributed by atoms with Crippen LogP contribution in [0.15, 0.2) is 17.5 Å². The molecule has 3 rings (SSSR count). The molecule has 0 bridgehead atoms. The smallest absolute Gasteiger partial charge is 0.355 e. The molecule has 0 aromatic carbocycles. The van der Waals surface area contributed by atoms with E-state index in [9.17, 15) is 9.59 Å². The van der Waals surface area contributed by atoms with Crippen LogP contribution in [0.1, 0.15) is 49.3 Å². The molecule has 0 unspecified atom stereocenters. The lowest BCUT2D eigenvalue weighted by atomic mass is 9.84. The van der Waals surface area contributed by atoms with E-state index >= 15 is 0 Å². The molecule has 1 N–H and O–H groups in total. The second-order valence-corrected chi connectivity index (χ2v) is 6.63. The Hall–Kier alpha value is -1.92. The van der Waals surface area contributed by atoms with Crippen molar-refractivity contribution in [2.24, 2.45) is 0 Å². The van der Waals surface area contributed by atoms with Crippen molar-refractivity contribution in [3.8, 4) is 0 Å². The van der Waals surface area contributed by atoms with Crippen molar-refractivity contribution in [1.29, 1.82) is 0 Å². The summed E-state index contributed by atoms with van der Waals surface area (Å²) in [5, 5.41) is 2.02. The Morgan fingerprint density at radius 2 is 2.22 bits per heavy atom. The number of nitrogens with one attached hydrogen (secondary N) is 1. The van der Waals surface area contributed by atoms with Crippen LogP contribution in [0.25, 0.3) is 0 Å². The highest BCUT2D eigenvalue weighted by molar-refractivity contribution is 7.10. The number of Topliss-reactive ketones (excluding diaryl/α,β-unsaturated/α-hetero) is 1. The predicted molar refractivity (Wildman–Crippen MR) is 87.4 cm³/mol. The van der Waals surface area contributed by atoms with Crippen molar-refractivity contribution < 1.29 is 19.1 Å². The second kappa shape index (κ2) is 6.68. The lowest BCUT2D eigenvalue weighted by molar-refractivity contribution is 0.0381. The van der Waals surface area contributed by atoms with Gasteiger partial charge in [-0.05, 0) is 30.4 Å².